The van der Waals surface area contributed by atoms with Gasteiger partial charge in [0, 0.05) is 0 Å². The predicted octanol–water partition coefficient (Wildman–Crippen LogP) is 3.52. The van der Waals surface area contributed by atoms with E-state index in [0.29, 0.717) is 11.8 Å². The Balaban J connectivity index is 1.46. The van der Waals surface area contributed by atoms with E-state index in [9.17, 15) is 9.90 Å². The predicted molar refractivity (Wildman–Crippen MR) is 91.8 cm³/mol. The molecule has 0 amide bonds. The Morgan fingerprint density at radius 3 is 2.71 bits per heavy atom. The number of carbonyl (C=O) groups excluding carboxylic acids is 1. The average molecular weight is 324 g/mol. The molecular formula is C21H24O3. The summed E-state index contributed by atoms with van der Waals surface area (Å²) in [6.07, 6.45) is 4.73. The number of benzene rings is 1. The van der Waals surface area contributed by atoms with Crippen LogP contribution in [0.25, 0.3) is 11.1 Å². The topological polar surface area (TPSA) is 46.5 Å². The van der Waals surface area contributed by atoms with E-state index in [1.807, 2.05) is 0 Å². The molecule has 126 valence electrons. The Kier molecular flexibility index (Phi) is 3.18. The normalized spacial score (nSPS) is 39.2. The molecule has 0 aromatic heterocycles. The zero-order chi connectivity index (χ0) is 16.4. The van der Waals surface area contributed by atoms with Crippen LogP contribution in [0.5, 0.6) is 0 Å². The molecule has 4 aliphatic carbocycles. The highest BCUT2D eigenvalue weighted by Gasteiger charge is 2.52. The molecule has 2 fully saturated rings. The molecule has 0 radical (unpaired) electrons. The standard InChI is InChI=1S/C21H24O3/c1-24-21(23)20-15-10-16-12(8-11(15)6-7-18(20)22)9-17-13-4-2-3-5-14(13)19(16)17/h2-5,11-12,15-16,18,20,22H,6-10H2,1H3. The highest BCUT2D eigenvalue weighted by atomic mass is 16.5. The highest BCUT2D eigenvalue weighted by Crippen LogP contribution is 2.62. The number of allylic oxidation sites excluding steroid dienone is 2. The quantitative estimate of drug-likeness (QED) is 0.804. The van der Waals surface area contributed by atoms with Crippen LogP contribution >= 0.6 is 0 Å². The number of ether oxygens (including phenoxy) is 1. The molecule has 0 aliphatic heterocycles. The van der Waals surface area contributed by atoms with Crippen LogP contribution in [0.2, 0.25) is 0 Å². The lowest BCUT2D eigenvalue weighted by molar-refractivity contribution is -0.158. The van der Waals surface area contributed by atoms with Gasteiger partial charge in [-0.1, -0.05) is 24.3 Å². The van der Waals surface area contributed by atoms with Gasteiger partial charge in [-0.15, -0.1) is 0 Å². The maximum Gasteiger partial charge on any atom is 0.311 e. The number of aliphatic hydroxyl groups is 1. The van der Waals surface area contributed by atoms with Gasteiger partial charge in [0.05, 0.1) is 19.1 Å². The number of esters is 1. The van der Waals surface area contributed by atoms with Crippen molar-refractivity contribution in [1.29, 1.82) is 0 Å². The first-order chi connectivity index (χ1) is 11.7. The van der Waals surface area contributed by atoms with E-state index in [1.165, 1.54) is 31.1 Å². The number of methoxy groups -OCH3 is 1. The molecule has 0 spiro atoms. The van der Waals surface area contributed by atoms with Crippen molar-refractivity contribution in [2.24, 2.45) is 29.6 Å². The minimum absolute atomic E-state index is 0.211. The van der Waals surface area contributed by atoms with Gasteiger partial charge in [0.15, 0.2) is 0 Å². The lowest BCUT2D eigenvalue weighted by Gasteiger charge is -2.47. The van der Waals surface area contributed by atoms with Crippen LogP contribution in [0.15, 0.2) is 24.3 Å². The Morgan fingerprint density at radius 2 is 1.92 bits per heavy atom. The van der Waals surface area contributed by atoms with Crippen molar-refractivity contribution >= 4 is 17.1 Å². The van der Waals surface area contributed by atoms with Gasteiger partial charge in [0.2, 0.25) is 0 Å². The second-order valence-electron chi connectivity index (χ2n) is 8.10. The number of carbonyl (C=O) groups is 1. The largest absolute Gasteiger partial charge is 0.469 e. The minimum Gasteiger partial charge on any atom is -0.469 e. The monoisotopic (exact) mass is 324 g/mol. The van der Waals surface area contributed by atoms with Crippen LogP contribution in [0, 0.1) is 29.6 Å². The number of aliphatic hydroxyl groups excluding tert-OH is 1. The first-order valence-corrected chi connectivity index (χ1v) is 9.27. The van der Waals surface area contributed by atoms with Crippen molar-refractivity contribution in [3.8, 4) is 0 Å². The van der Waals surface area contributed by atoms with Gasteiger partial charge in [-0.25, -0.2) is 0 Å². The number of fused-ring (bicyclic) bond motifs is 6. The summed E-state index contributed by atoms with van der Waals surface area (Å²) < 4.78 is 5.03. The molecule has 0 heterocycles. The second kappa shape index (κ2) is 5.19. The fraction of sp³-hybridized carbons (Fsp3) is 0.571. The van der Waals surface area contributed by atoms with Gasteiger partial charge in [-0.05, 0) is 78.0 Å². The molecule has 0 saturated heterocycles. The lowest BCUT2D eigenvalue weighted by atomic mass is 9.58. The summed E-state index contributed by atoms with van der Waals surface area (Å²) >= 11 is 0. The molecule has 5 rings (SSSR count). The maximum atomic E-state index is 12.3. The summed E-state index contributed by atoms with van der Waals surface area (Å²) in [5.41, 5.74) is 6.03. The summed E-state index contributed by atoms with van der Waals surface area (Å²) in [7, 11) is 1.45. The summed E-state index contributed by atoms with van der Waals surface area (Å²) in [4.78, 5) is 12.3. The zero-order valence-electron chi connectivity index (χ0n) is 14.1. The maximum absolute atomic E-state index is 12.3. The summed E-state index contributed by atoms with van der Waals surface area (Å²) in [6, 6.07) is 8.76. The van der Waals surface area contributed by atoms with Crippen LogP contribution < -0.4 is 0 Å². The Hall–Kier alpha value is -1.61. The van der Waals surface area contributed by atoms with E-state index in [0.717, 1.165) is 25.2 Å². The first-order valence-electron chi connectivity index (χ1n) is 9.27. The van der Waals surface area contributed by atoms with Gasteiger partial charge >= 0.3 is 5.97 Å². The molecular weight excluding hydrogens is 300 g/mol. The summed E-state index contributed by atoms with van der Waals surface area (Å²) in [5.74, 6) is 1.62. The molecule has 6 unspecified atom stereocenters. The molecule has 1 aromatic carbocycles. The van der Waals surface area contributed by atoms with E-state index >= 15 is 0 Å². The van der Waals surface area contributed by atoms with Crippen molar-refractivity contribution in [3.05, 3.63) is 35.4 Å². The Bertz CT molecular complexity index is 734. The fourth-order valence-corrected chi connectivity index (χ4v) is 6.21. The van der Waals surface area contributed by atoms with Crippen LogP contribution in [0.3, 0.4) is 0 Å². The summed E-state index contributed by atoms with van der Waals surface area (Å²) in [6.45, 7) is 0. The number of hydrogen-bond acceptors (Lipinski definition) is 3. The van der Waals surface area contributed by atoms with E-state index < -0.39 is 6.10 Å². The van der Waals surface area contributed by atoms with Crippen LogP contribution in [0.1, 0.15) is 43.2 Å². The molecule has 2 saturated carbocycles. The van der Waals surface area contributed by atoms with Crippen molar-refractivity contribution in [2.75, 3.05) is 7.11 Å². The second-order valence-corrected chi connectivity index (χ2v) is 8.10. The van der Waals surface area contributed by atoms with Crippen LogP contribution in [-0.4, -0.2) is 24.3 Å². The van der Waals surface area contributed by atoms with Crippen molar-refractivity contribution in [1.82, 2.24) is 0 Å². The SMILES string of the molecule is COC(=O)C1C(O)CCC2CC3CC4=C(c5ccccc54)C3CC21. The molecule has 4 aliphatic rings. The van der Waals surface area contributed by atoms with Gasteiger partial charge < -0.3 is 9.84 Å². The zero-order valence-corrected chi connectivity index (χ0v) is 14.1. The van der Waals surface area contributed by atoms with Crippen molar-refractivity contribution in [3.63, 3.8) is 0 Å². The van der Waals surface area contributed by atoms with E-state index in [-0.39, 0.29) is 17.8 Å². The highest BCUT2D eigenvalue weighted by molar-refractivity contribution is 6.06. The molecule has 24 heavy (non-hydrogen) atoms. The average Bonchev–Trinajstić information content (AvgIpc) is 2.91. The van der Waals surface area contributed by atoms with Gasteiger partial charge in [-0.3, -0.25) is 4.79 Å². The molecule has 0 bridgehead atoms. The van der Waals surface area contributed by atoms with Gasteiger partial charge in [0.1, 0.15) is 0 Å². The van der Waals surface area contributed by atoms with Crippen LogP contribution in [0.4, 0.5) is 0 Å². The van der Waals surface area contributed by atoms with Gasteiger partial charge in [0.25, 0.3) is 0 Å². The van der Waals surface area contributed by atoms with Crippen molar-refractivity contribution in [2.45, 2.75) is 38.2 Å². The Labute approximate surface area is 142 Å². The molecule has 1 aromatic rings. The molecule has 3 heteroatoms. The third-order valence-corrected chi connectivity index (χ3v) is 7.19. The molecule has 6 atom stereocenters. The van der Waals surface area contributed by atoms with Crippen molar-refractivity contribution < 1.29 is 14.6 Å². The fourth-order valence-electron chi connectivity index (χ4n) is 6.21. The van der Waals surface area contributed by atoms with Gasteiger partial charge in [-0.2, -0.15) is 0 Å². The smallest absolute Gasteiger partial charge is 0.311 e. The van der Waals surface area contributed by atoms with E-state index in [4.69, 9.17) is 4.74 Å². The number of rotatable bonds is 1. The van der Waals surface area contributed by atoms with E-state index in [2.05, 4.69) is 24.3 Å². The third kappa shape index (κ3) is 1.85. The number of hydrogen-bond donors (Lipinski definition) is 1. The molecule has 1 N–H and O–H groups in total. The lowest BCUT2D eigenvalue weighted by Crippen LogP contribution is -2.47. The molecule has 3 nitrogen and oxygen atoms in total. The van der Waals surface area contributed by atoms with Crippen LogP contribution in [-0.2, 0) is 9.53 Å². The Morgan fingerprint density at radius 1 is 1.12 bits per heavy atom. The third-order valence-electron chi connectivity index (χ3n) is 7.19. The minimum atomic E-state index is -0.529. The van der Waals surface area contributed by atoms with E-state index in [1.54, 1.807) is 11.1 Å². The summed E-state index contributed by atoms with van der Waals surface area (Å²) in [5, 5.41) is 10.4. The first kappa shape index (κ1) is 14.7.